The van der Waals surface area contributed by atoms with Crippen molar-refractivity contribution in [3.05, 3.63) is 63.5 Å². The average molecular weight is 324 g/mol. The van der Waals surface area contributed by atoms with Crippen molar-refractivity contribution in [1.82, 2.24) is 19.4 Å². The third-order valence-corrected chi connectivity index (χ3v) is 4.58. The van der Waals surface area contributed by atoms with Crippen molar-refractivity contribution in [3.8, 4) is 0 Å². The van der Waals surface area contributed by atoms with Gasteiger partial charge in [0.25, 0.3) is 5.56 Å². The predicted molar refractivity (Wildman–Crippen MR) is 89.8 cm³/mol. The fraction of sp³-hybridized carbons (Fsp3) is 0.389. The van der Waals surface area contributed by atoms with Gasteiger partial charge in [-0.05, 0) is 44.9 Å². The Balaban J connectivity index is 1.64. The van der Waals surface area contributed by atoms with E-state index in [9.17, 15) is 4.79 Å². The molecule has 4 rings (SSSR count). The molecule has 0 bridgehead atoms. The molecule has 3 aromatic rings. The zero-order valence-electron chi connectivity index (χ0n) is 13.9. The van der Waals surface area contributed by atoms with Gasteiger partial charge in [-0.15, -0.1) is 0 Å². The van der Waals surface area contributed by atoms with E-state index in [0.717, 1.165) is 42.1 Å². The van der Waals surface area contributed by atoms with E-state index < -0.39 is 0 Å². The quantitative estimate of drug-likeness (QED) is 0.741. The Morgan fingerprint density at radius 1 is 1.29 bits per heavy atom. The maximum absolute atomic E-state index is 12.4. The minimum Gasteiger partial charge on any atom is -0.361 e. The first-order valence-corrected chi connectivity index (χ1v) is 8.26. The second-order valence-electron chi connectivity index (χ2n) is 6.51. The number of fused-ring (bicyclic) bond motifs is 1. The number of likely N-dealkylation sites (tertiary alicyclic amines) is 1. The van der Waals surface area contributed by atoms with Gasteiger partial charge in [0.15, 0.2) is 0 Å². The van der Waals surface area contributed by atoms with Crippen LogP contribution in [0.3, 0.4) is 0 Å². The number of rotatable bonds is 3. The summed E-state index contributed by atoms with van der Waals surface area (Å²) < 4.78 is 6.82. The standard InChI is InChI=1S/C18H20N4O2/c1-12-5-6-17-19-14(9-18(23)22(17)10-12)11-21-7-3-4-16(21)15-8-13(2)24-20-15/h5-6,8-10,16H,3-4,7,11H2,1-2H3/t16-/m1/s1. The van der Waals surface area contributed by atoms with Crippen molar-refractivity contribution >= 4 is 5.65 Å². The van der Waals surface area contributed by atoms with Crippen LogP contribution in [0.15, 0.2) is 39.8 Å². The minimum absolute atomic E-state index is 0.0354. The van der Waals surface area contributed by atoms with Crippen LogP contribution in [0.25, 0.3) is 5.65 Å². The van der Waals surface area contributed by atoms with Gasteiger partial charge in [0.05, 0.1) is 11.7 Å². The molecule has 0 saturated carbocycles. The van der Waals surface area contributed by atoms with Crippen LogP contribution in [0.4, 0.5) is 0 Å². The van der Waals surface area contributed by atoms with Crippen molar-refractivity contribution in [2.24, 2.45) is 0 Å². The molecular formula is C18H20N4O2. The lowest BCUT2D eigenvalue weighted by molar-refractivity contribution is 0.234. The van der Waals surface area contributed by atoms with Crippen molar-refractivity contribution in [3.63, 3.8) is 0 Å². The Morgan fingerprint density at radius 3 is 2.96 bits per heavy atom. The van der Waals surface area contributed by atoms with E-state index in [1.165, 1.54) is 0 Å². The maximum Gasteiger partial charge on any atom is 0.258 e. The molecule has 0 radical (unpaired) electrons. The Hall–Kier alpha value is -2.47. The van der Waals surface area contributed by atoms with Gasteiger partial charge < -0.3 is 4.52 Å². The summed E-state index contributed by atoms with van der Waals surface area (Å²) in [5.74, 6) is 0.828. The van der Waals surface area contributed by atoms with E-state index in [4.69, 9.17) is 4.52 Å². The molecule has 0 N–H and O–H groups in total. The summed E-state index contributed by atoms with van der Waals surface area (Å²) in [6.45, 7) is 5.50. The number of nitrogens with zero attached hydrogens (tertiary/aromatic N) is 4. The molecule has 1 saturated heterocycles. The van der Waals surface area contributed by atoms with E-state index in [-0.39, 0.29) is 11.6 Å². The summed E-state index contributed by atoms with van der Waals surface area (Å²) in [7, 11) is 0. The van der Waals surface area contributed by atoms with Gasteiger partial charge in [-0.25, -0.2) is 4.98 Å². The Bertz CT molecular complexity index is 944. The first kappa shape index (κ1) is 15.1. The smallest absolute Gasteiger partial charge is 0.258 e. The number of aromatic nitrogens is 3. The van der Waals surface area contributed by atoms with Crippen LogP contribution >= 0.6 is 0 Å². The van der Waals surface area contributed by atoms with Crippen molar-refractivity contribution in [1.29, 1.82) is 0 Å². The molecule has 4 heterocycles. The summed E-state index contributed by atoms with van der Waals surface area (Å²) in [5, 5.41) is 4.16. The van der Waals surface area contributed by atoms with Gasteiger partial charge in [0.2, 0.25) is 0 Å². The fourth-order valence-electron chi connectivity index (χ4n) is 3.44. The average Bonchev–Trinajstić information content (AvgIpc) is 3.17. The van der Waals surface area contributed by atoms with E-state index in [2.05, 4.69) is 15.0 Å². The van der Waals surface area contributed by atoms with Crippen LogP contribution < -0.4 is 5.56 Å². The molecule has 1 aliphatic rings. The summed E-state index contributed by atoms with van der Waals surface area (Å²) in [4.78, 5) is 19.3. The molecule has 0 spiro atoms. The number of aryl methyl sites for hydroxylation is 2. The number of pyridine rings is 1. The molecule has 6 nitrogen and oxygen atoms in total. The van der Waals surface area contributed by atoms with Crippen LogP contribution in [0.1, 0.15) is 41.6 Å². The molecule has 1 fully saturated rings. The molecule has 0 unspecified atom stereocenters. The van der Waals surface area contributed by atoms with Gasteiger partial charge in [0, 0.05) is 24.9 Å². The molecule has 3 aromatic heterocycles. The summed E-state index contributed by atoms with van der Waals surface area (Å²) in [5.41, 5.74) is 3.47. The Labute approximate surface area is 139 Å². The van der Waals surface area contributed by atoms with E-state index in [0.29, 0.717) is 12.2 Å². The topological polar surface area (TPSA) is 63.6 Å². The van der Waals surface area contributed by atoms with Gasteiger partial charge in [-0.3, -0.25) is 14.1 Å². The number of hydrogen-bond donors (Lipinski definition) is 0. The lowest BCUT2D eigenvalue weighted by Gasteiger charge is -2.22. The first-order chi connectivity index (χ1) is 11.6. The maximum atomic E-state index is 12.4. The minimum atomic E-state index is -0.0354. The SMILES string of the molecule is Cc1ccc2nc(CN3CCC[C@@H]3c3cc(C)on3)cc(=O)n2c1. The highest BCUT2D eigenvalue weighted by Crippen LogP contribution is 2.32. The summed E-state index contributed by atoms with van der Waals surface area (Å²) in [6.07, 6.45) is 3.99. The highest BCUT2D eigenvalue weighted by molar-refractivity contribution is 5.40. The Kier molecular flexibility index (Phi) is 3.69. The summed E-state index contributed by atoms with van der Waals surface area (Å²) in [6, 6.07) is 7.73. The van der Waals surface area contributed by atoms with Gasteiger partial charge in [-0.1, -0.05) is 11.2 Å². The monoisotopic (exact) mass is 324 g/mol. The lowest BCUT2D eigenvalue weighted by Crippen LogP contribution is -2.25. The largest absolute Gasteiger partial charge is 0.361 e. The molecule has 124 valence electrons. The van der Waals surface area contributed by atoms with Gasteiger partial charge in [0.1, 0.15) is 17.1 Å². The lowest BCUT2D eigenvalue weighted by atomic mass is 10.1. The van der Waals surface area contributed by atoms with Crippen molar-refractivity contribution in [2.45, 2.75) is 39.3 Å². The van der Waals surface area contributed by atoms with Crippen molar-refractivity contribution < 1.29 is 4.52 Å². The molecule has 0 aromatic carbocycles. The predicted octanol–water partition coefficient (Wildman–Crippen LogP) is 2.64. The molecule has 0 aliphatic carbocycles. The molecule has 24 heavy (non-hydrogen) atoms. The van der Waals surface area contributed by atoms with E-state index in [1.807, 2.05) is 38.2 Å². The highest BCUT2D eigenvalue weighted by Gasteiger charge is 2.28. The van der Waals surface area contributed by atoms with Crippen LogP contribution in [0.5, 0.6) is 0 Å². The van der Waals surface area contributed by atoms with Crippen LogP contribution in [0, 0.1) is 13.8 Å². The fourth-order valence-corrected chi connectivity index (χ4v) is 3.44. The third-order valence-electron chi connectivity index (χ3n) is 4.58. The molecule has 6 heteroatoms. The van der Waals surface area contributed by atoms with E-state index in [1.54, 1.807) is 10.5 Å². The molecule has 0 amide bonds. The van der Waals surface area contributed by atoms with Gasteiger partial charge >= 0.3 is 0 Å². The van der Waals surface area contributed by atoms with Crippen LogP contribution in [0.2, 0.25) is 0 Å². The summed E-state index contributed by atoms with van der Waals surface area (Å²) >= 11 is 0. The second kappa shape index (κ2) is 5.87. The Morgan fingerprint density at radius 2 is 2.17 bits per heavy atom. The zero-order valence-corrected chi connectivity index (χ0v) is 13.9. The normalized spacial score (nSPS) is 18.5. The third kappa shape index (κ3) is 2.73. The van der Waals surface area contributed by atoms with E-state index >= 15 is 0 Å². The van der Waals surface area contributed by atoms with Crippen LogP contribution in [-0.4, -0.2) is 26.0 Å². The molecule has 1 atom stereocenters. The first-order valence-electron chi connectivity index (χ1n) is 8.26. The molecular weight excluding hydrogens is 304 g/mol. The number of hydrogen-bond acceptors (Lipinski definition) is 5. The zero-order chi connectivity index (χ0) is 16.7. The molecule has 1 aliphatic heterocycles. The van der Waals surface area contributed by atoms with Gasteiger partial charge in [-0.2, -0.15) is 0 Å². The highest BCUT2D eigenvalue weighted by atomic mass is 16.5. The van der Waals surface area contributed by atoms with Crippen molar-refractivity contribution in [2.75, 3.05) is 6.54 Å². The second-order valence-corrected chi connectivity index (χ2v) is 6.51. The van der Waals surface area contributed by atoms with Crippen LogP contribution in [-0.2, 0) is 6.54 Å².